The monoisotopic (exact) mass is 776 g/mol. The Kier molecular flexibility index (Phi) is 8.13. The fourth-order valence-electron chi connectivity index (χ4n) is 9.16. The highest BCUT2D eigenvalue weighted by atomic mass is 15.0. The molecule has 0 amide bonds. The fraction of sp³-hybridized carbons (Fsp3) is 0. The Balaban J connectivity index is 1.20. The van der Waals surface area contributed by atoms with E-state index in [1.165, 1.54) is 21.5 Å². The third-order valence-electron chi connectivity index (χ3n) is 12.0. The summed E-state index contributed by atoms with van der Waals surface area (Å²) in [5, 5.41) is 9.30. The van der Waals surface area contributed by atoms with Gasteiger partial charge in [-0.15, -0.1) is 0 Å². The van der Waals surface area contributed by atoms with Gasteiger partial charge in [-0.1, -0.05) is 188 Å². The van der Waals surface area contributed by atoms with E-state index < -0.39 is 0 Å². The zero-order valence-electron chi connectivity index (χ0n) is 33.1. The minimum absolute atomic E-state index is 0.606. The SMILES string of the molecule is c1ccc(-c2cc(-c3nc(-c4cccc5ccccc45)nc(-c4cccc5ccccc45)n3)cc(-c3ccccc3)c2-n2c3ccccc3c3cc4ccccc4cc32)cc1. The molecule has 2 heterocycles. The van der Waals surface area contributed by atoms with Crippen LogP contribution in [-0.2, 0) is 0 Å². The van der Waals surface area contributed by atoms with Crippen LogP contribution in [0.1, 0.15) is 0 Å². The van der Waals surface area contributed by atoms with Gasteiger partial charge in [0.1, 0.15) is 0 Å². The van der Waals surface area contributed by atoms with Gasteiger partial charge in [0.05, 0.1) is 16.7 Å². The van der Waals surface area contributed by atoms with E-state index in [1.807, 2.05) is 0 Å². The van der Waals surface area contributed by atoms with Crippen molar-refractivity contribution in [3.8, 4) is 62.1 Å². The molecule has 4 heteroatoms. The first-order chi connectivity index (χ1) is 30.2. The summed E-state index contributed by atoms with van der Waals surface area (Å²) in [7, 11) is 0. The average molecular weight is 777 g/mol. The van der Waals surface area contributed by atoms with Crippen LogP contribution in [0.5, 0.6) is 0 Å². The minimum Gasteiger partial charge on any atom is -0.308 e. The molecule has 10 aromatic carbocycles. The standard InChI is InChI=1S/C57H36N4/c1-3-17-39(18-4-1)49-34-43(55-58-56(47-30-15-25-37-21-9-11-27-44(37)47)60-57(59-55)48-31-16-26-38-22-10-12-28-45(38)48)35-50(40-19-5-2-6-20-40)54(49)61-52-32-14-13-29-46(52)51-33-41-23-7-8-24-42(41)36-53(51)61/h1-36H. The number of aromatic nitrogens is 4. The summed E-state index contributed by atoms with van der Waals surface area (Å²) < 4.78 is 2.47. The number of rotatable bonds is 6. The van der Waals surface area contributed by atoms with Crippen LogP contribution in [0, 0.1) is 0 Å². The number of hydrogen-bond acceptors (Lipinski definition) is 3. The first kappa shape index (κ1) is 34.8. The number of nitrogens with zero attached hydrogens (tertiary/aromatic N) is 4. The van der Waals surface area contributed by atoms with E-state index in [2.05, 4.69) is 223 Å². The van der Waals surface area contributed by atoms with Gasteiger partial charge in [0.25, 0.3) is 0 Å². The smallest absolute Gasteiger partial charge is 0.164 e. The van der Waals surface area contributed by atoms with Crippen LogP contribution >= 0.6 is 0 Å². The molecule has 0 atom stereocenters. The molecule has 0 aliphatic heterocycles. The van der Waals surface area contributed by atoms with Crippen LogP contribution in [0.25, 0.3) is 116 Å². The quantitative estimate of drug-likeness (QED) is 0.169. The molecular weight excluding hydrogens is 741 g/mol. The number of para-hydroxylation sites is 1. The normalized spacial score (nSPS) is 11.6. The maximum absolute atomic E-state index is 5.40. The average Bonchev–Trinajstić information content (AvgIpc) is 3.65. The maximum Gasteiger partial charge on any atom is 0.164 e. The molecule has 0 bridgehead atoms. The Morgan fingerprint density at radius 1 is 0.262 bits per heavy atom. The highest BCUT2D eigenvalue weighted by Crippen LogP contribution is 2.44. The van der Waals surface area contributed by atoms with E-state index >= 15 is 0 Å². The molecule has 2 aromatic heterocycles. The lowest BCUT2D eigenvalue weighted by atomic mass is 9.92. The van der Waals surface area contributed by atoms with E-state index in [0.717, 1.165) is 77.2 Å². The lowest BCUT2D eigenvalue weighted by molar-refractivity contribution is 1.08. The molecule has 0 saturated carbocycles. The summed E-state index contributed by atoms with van der Waals surface area (Å²) in [5.74, 6) is 1.87. The largest absolute Gasteiger partial charge is 0.308 e. The van der Waals surface area contributed by atoms with Crippen LogP contribution in [0.4, 0.5) is 0 Å². The first-order valence-corrected chi connectivity index (χ1v) is 20.7. The highest BCUT2D eigenvalue weighted by Gasteiger charge is 2.24. The first-order valence-electron chi connectivity index (χ1n) is 20.7. The molecule has 12 rings (SSSR count). The number of benzene rings is 10. The molecule has 284 valence electrons. The van der Waals surface area contributed by atoms with Gasteiger partial charge in [-0.2, -0.15) is 0 Å². The molecule has 0 aliphatic rings. The summed E-state index contributed by atoms with van der Waals surface area (Å²) >= 11 is 0. The predicted octanol–water partition coefficient (Wildman–Crippen LogP) is 14.8. The van der Waals surface area contributed by atoms with Crippen molar-refractivity contribution >= 4 is 54.1 Å². The fourth-order valence-corrected chi connectivity index (χ4v) is 9.16. The topological polar surface area (TPSA) is 43.6 Å². The number of hydrogen-bond donors (Lipinski definition) is 0. The molecule has 0 N–H and O–H groups in total. The second-order valence-electron chi connectivity index (χ2n) is 15.6. The molecule has 61 heavy (non-hydrogen) atoms. The van der Waals surface area contributed by atoms with Crippen molar-refractivity contribution in [3.05, 3.63) is 218 Å². The molecule has 0 aliphatic carbocycles. The Labute approximate surface area is 352 Å². The van der Waals surface area contributed by atoms with Crippen LogP contribution in [0.15, 0.2) is 218 Å². The van der Waals surface area contributed by atoms with Crippen LogP contribution in [0.3, 0.4) is 0 Å². The van der Waals surface area contributed by atoms with Crippen LogP contribution in [-0.4, -0.2) is 19.5 Å². The summed E-state index contributed by atoms with van der Waals surface area (Å²) in [6.07, 6.45) is 0. The van der Waals surface area contributed by atoms with E-state index in [1.54, 1.807) is 0 Å². The number of fused-ring (bicyclic) bond motifs is 6. The minimum atomic E-state index is 0.606. The Morgan fingerprint density at radius 3 is 1.28 bits per heavy atom. The third-order valence-corrected chi connectivity index (χ3v) is 12.0. The van der Waals surface area contributed by atoms with Gasteiger partial charge in [0.2, 0.25) is 0 Å². The van der Waals surface area contributed by atoms with Crippen molar-refractivity contribution in [1.82, 2.24) is 19.5 Å². The maximum atomic E-state index is 5.40. The Hall–Kier alpha value is -8.21. The highest BCUT2D eigenvalue weighted by molar-refractivity contribution is 6.15. The van der Waals surface area contributed by atoms with Crippen molar-refractivity contribution < 1.29 is 0 Å². The zero-order chi connectivity index (χ0) is 40.3. The van der Waals surface area contributed by atoms with E-state index in [4.69, 9.17) is 15.0 Å². The van der Waals surface area contributed by atoms with E-state index in [0.29, 0.717) is 17.5 Å². The van der Waals surface area contributed by atoms with Crippen molar-refractivity contribution in [2.24, 2.45) is 0 Å². The van der Waals surface area contributed by atoms with Crippen molar-refractivity contribution in [3.63, 3.8) is 0 Å². The Bertz CT molecular complexity index is 3480. The second-order valence-corrected chi connectivity index (χ2v) is 15.6. The molecule has 0 spiro atoms. The Morgan fingerprint density at radius 2 is 0.705 bits per heavy atom. The lowest BCUT2D eigenvalue weighted by Crippen LogP contribution is -2.04. The molecule has 0 radical (unpaired) electrons. The molecule has 0 fully saturated rings. The third kappa shape index (κ3) is 5.88. The van der Waals surface area contributed by atoms with Gasteiger partial charge >= 0.3 is 0 Å². The zero-order valence-corrected chi connectivity index (χ0v) is 33.1. The summed E-state index contributed by atoms with van der Waals surface area (Å²) in [4.78, 5) is 16.1. The summed E-state index contributed by atoms with van der Waals surface area (Å²) in [6.45, 7) is 0. The van der Waals surface area contributed by atoms with Crippen LogP contribution < -0.4 is 0 Å². The van der Waals surface area contributed by atoms with Gasteiger partial charge in [0.15, 0.2) is 17.5 Å². The molecule has 12 aromatic rings. The summed E-state index contributed by atoms with van der Waals surface area (Å²) in [5.41, 5.74) is 10.6. The molecular formula is C57H36N4. The van der Waals surface area contributed by atoms with E-state index in [-0.39, 0.29) is 0 Å². The molecule has 4 nitrogen and oxygen atoms in total. The molecule has 0 unspecified atom stereocenters. The van der Waals surface area contributed by atoms with Gasteiger partial charge in [-0.05, 0) is 73.8 Å². The summed E-state index contributed by atoms with van der Waals surface area (Å²) in [6, 6.07) is 77.7. The van der Waals surface area contributed by atoms with Gasteiger partial charge in [-0.3, -0.25) is 0 Å². The predicted molar refractivity (Wildman–Crippen MR) is 254 cm³/mol. The molecule has 0 saturated heterocycles. The van der Waals surface area contributed by atoms with Gasteiger partial charge in [-0.25, -0.2) is 15.0 Å². The lowest BCUT2D eigenvalue weighted by Gasteiger charge is -2.21. The van der Waals surface area contributed by atoms with Crippen molar-refractivity contribution in [1.29, 1.82) is 0 Å². The van der Waals surface area contributed by atoms with Crippen LogP contribution in [0.2, 0.25) is 0 Å². The second kappa shape index (κ2) is 14.3. The van der Waals surface area contributed by atoms with Gasteiger partial charge in [0, 0.05) is 38.6 Å². The van der Waals surface area contributed by atoms with Crippen molar-refractivity contribution in [2.75, 3.05) is 0 Å². The van der Waals surface area contributed by atoms with E-state index in [9.17, 15) is 0 Å². The van der Waals surface area contributed by atoms with Gasteiger partial charge < -0.3 is 4.57 Å². The van der Waals surface area contributed by atoms with Crippen molar-refractivity contribution in [2.45, 2.75) is 0 Å².